The quantitative estimate of drug-likeness (QED) is 0.807. The number of hydrogen-bond acceptors (Lipinski definition) is 4. The first-order chi connectivity index (χ1) is 12.8. The van der Waals surface area contributed by atoms with Gasteiger partial charge in [0, 0.05) is 37.3 Å². The van der Waals surface area contributed by atoms with Crippen LogP contribution in [0.25, 0.3) is 0 Å². The minimum absolute atomic E-state index is 0.145. The monoisotopic (exact) mass is 370 g/mol. The molecular formula is C21H26N2O4. The maximum Gasteiger partial charge on any atom is 0.226 e. The Bertz CT molecular complexity index is 833. The van der Waals surface area contributed by atoms with Gasteiger partial charge in [0.15, 0.2) is 11.5 Å². The van der Waals surface area contributed by atoms with E-state index in [2.05, 4.69) is 5.32 Å². The second-order valence-corrected chi connectivity index (χ2v) is 6.33. The largest absolute Gasteiger partial charge is 0.493 e. The highest BCUT2D eigenvalue weighted by atomic mass is 16.5. The zero-order chi connectivity index (χ0) is 20.0. The second-order valence-electron chi connectivity index (χ2n) is 6.33. The van der Waals surface area contributed by atoms with Crippen LogP contribution in [0.1, 0.15) is 24.5 Å². The van der Waals surface area contributed by atoms with Crippen molar-refractivity contribution < 1.29 is 19.1 Å². The van der Waals surface area contributed by atoms with Gasteiger partial charge in [-0.3, -0.25) is 9.59 Å². The second kappa shape index (κ2) is 9.07. The van der Waals surface area contributed by atoms with Crippen LogP contribution in [0.2, 0.25) is 0 Å². The molecule has 2 aromatic carbocycles. The Morgan fingerprint density at radius 3 is 2.30 bits per heavy atom. The normalized spacial score (nSPS) is 10.3. The number of nitrogens with one attached hydrogen (secondary N) is 1. The van der Waals surface area contributed by atoms with E-state index in [0.29, 0.717) is 17.2 Å². The minimum atomic E-state index is -0.151. The molecule has 0 heterocycles. The first-order valence-corrected chi connectivity index (χ1v) is 8.73. The van der Waals surface area contributed by atoms with Crippen LogP contribution in [0.4, 0.5) is 11.4 Å². The smallest absolute Gasteiger partial charge is 0.226 e. The Hall–Kier alpha value is -3.02. The van der Waals surface area contributed by atoms with Crippen molar-refractivity contribution in [3.63, 3.8) is 0 Å². The molecule has 6 heteroatoms. The summed E-state index contributed by atoms with van der Waals surface area (Å²) in [6.45, 7) is 5.70. The van der Waals surface area contributed by atoms with Crippen molar-refractivity contribution in [1.82, 2.24) is 0 Å². The molecule has 0 atom stereocenters. The van der Waals surface area contributed by atoms with E-state index in [1.54, 1.807) is 30.2 Å². The van der Waals surface area contributed by atoms with Gasteiger partial charge in [0.1, 0.15) is 0 Å². The Balaban J connectivity index is 2.08. The number of nitrogens with zero attached hydrogens (tertiary/aromatic N) is 1. The summed E-state index contributed by atoms with van der Waals surface area (Å²) in [5, 5.41) is 2.90. The first-order valence-electron chi connectivity index (χ1n) is 8.73. The summed E-state index contributed by atoms with van der Waals surface area (Å²) in [7, 11) is 3.09. The lowest BCUT2D eigenvalue weighted by atomic mass is 10.1. The van der Waals surface area contributed by atoms with E-state index >= 15 is 0 Å². The van der Waals surface area contributed by atoms with Crippen LogP contribution in [0.3, 0.4) is 0 Å². The van der Waals surface area contributed by atoms with Crippen LogP contribution in [-0.4, -0.2) is 32.6 Å². The average Bonchev–Trinajstić information content (AvgIpc) is 2.63. The van der Waals surface area contributed by atoms with Crippen molar-refractivity contribution in [1.29, 1.82) is 0 Å². The van der Waals surface area contributed by atoms with E-state index in [1.807, 2.05) is 32.0 Å². The molecule has 2 rings (SSSR count). The van der Waals surface area contributed by atoms with Crippen molar-refractivity contribution in [2.45, 2.75) is 27.2 Å². The molecule has 0 saturated carbocycles. The standard InChI is InChI=1S/C21H26N2O4/c1-14-6-8-18(15(2)12-14)22-21(25)10-11-23(16(3)24)17-7-9-19(26-4)20(13-17)27-5/h6-9,12-13H,10-11H2,1-5H3,(H,22,25). The number of benzene rings is 2. The number of hydrogen-bond donors (Lipinski definition) is 1. The maximum atomic E-state index is 12.3. The molecule has 0 aromatic heterocycles. The van der Waals surface area contributed by atoms with Crippen LogP contribution in [0.5, 0.6) is 11.5 Å². The number of aryl methyl sites for hydroxylation is 2. The Morgan fingerprint density at radius 2 is 1.70 bits per heavy atom. The number of ether oxygens (including phenoxy) is 2. The maximum absolute atomic E-state index is 12.3. The summed E-state index contributed by atoms with van der Waals surface area (Å²) in [5.41, 5.74) is 3.58. The van der Waals surface area contributed by atoms with Gasteiger partial charge >= 0.3 is 0 Å². The lowest BCUT2D eigenvalue weighted by molar-refractivity contribution is -0.117. The molecular weight excluding hydrogens is 344 g/mol. The third-order valence-electron chi connectivity index (χ3n) is 4.28. The molecule has 27 heavy (non-hydrogen) atoms. The van der Waals surface area contributed by atoms with Crippen molar-refractivity contribution in [3.05, 3.63) is 47.5 Å². The van der Waals surface area contributed by atoms with E-state index in [1.165, 1.54) is 14.0 Å². The fourth-order valence-corrected chi connectivity index (χ4v) is 2.84. The van der Waals surface area contributed by atoms with Crippen LogP contribution in [0.15, 0.2) is 36.4 Å². The molecule has 0 spiro atoms. The first kappa shape index (κ1) is 20.3. The molecule has 0 unspecified atom stereocenters. The van der Waals surface area contributed by atoms with Crippen LogP contribution in [-0.2, 0) is 9.59 Å². The van der Waals surface area contributed by atoms with E-state index in [9.17, 15) is 9.59 Å². The van der Waals surface area contributed by atoms with Gasteiger partial charge in [-0.2, -0.15) is 0 Å². The number of amides is 2. The van der Waals surface area contributed by atoms with Crippen LogP contribution >= 0.6 is 0 Å². The van der Waals surface area contributed by atoms with Crippen LogP contribution in [0, 0.1) is 13.8 Å². The fraction of sp³-hybridized carbons (Fsp3) is 0.333. The predicted molar refractivity (Wildman–Crippen MR) is 107 cm³/mol. The Labute approximate surface area is 160 Å². The third-order valence-corrected chi connectivity index (χ3v) is 4.28. The summed E-state index contributed by atoms with van der Waals surface area (Å²) in [5.74, 6) is 0.813. The molecule has 0 aliphatic heterocycles. The lowest BCUT2D eigenvalue weighted by Gasteiger charge is -2.22. The van der Waals surface area contributed by atoms with Gasteiger partial charge in [0.05, 0.1) is 14.2 Å². The number of anilines is 2. The van der Waals surface area contributed by atoms with Crippen molar-refractivity contribution in [2.75, 3.05) is 31.0 Å². The summed E-state index contributed by atoms with van der Waals surface area (Å²) in [6, 6.07) is 11.1. The van der Waals surface area contributed by atoms with Crippen molar-refractivity contribution >= 4 is 23.2 Å². The molecule has 2 amide bonds. The van der Waals surface area contributed by atoms with E-state index in [4.69, 9.17) is 9.47 Å². The fourth-order valence-electron chi connectivity index (χ4n) is 2.84. The zero-order valence-electron chi connectivity index (χ0n) is 16.5. The van der Waals surface area contributed by atoms with Gasteiger partial charge in [-0.15, -0.1) is 0 Å². The minimum Gasteiger partial charge on any atom is -0.493 e. The number of methoxy groups -OCH3 is 2. The van der Waals surface area contributed by atoms with Gasteiger partial charge < -0.3 is 19.7 Å². The molecule has 0 bridgehead atoms. The van der Waals surface area contributed by atoms with Gasteiger partial charge in [-0.05, 0) is 37.6 Å². The average molecular weight is 370 g/mol. The van der Waals surface area contributed by atoms with E-state index in [0.717, 1.165) is 16.8 Å². The SMILES string of the molecule is COc1ccc(N(CCC(=O)Nc2ccc(C)cc2C)C(C)=O)cc1OC. The molecule has 0 aliphatic carbocycles. The molecule has 6 nitrogen and oxygen atoms in total. The summed E-state index contributed by atoms with van der Waals surface area (Å²) >= 11 is 0. The highest BCUT2D eigenvalue weighted by Gasteiger charge is 2.16. The van der Waals surface area contributed by atoms with E-state index < -0.39 is 0 Å². The molecule has 1 N–H and O–H groups in total. The number of rotatable bonds is 7. The highest BCUT2D eigenvalue weighted by molar-refractivity contribution is 5.95. The van der Waals surface area contributed by atoms with Crippen molar-refractivity contribution in [2.24, 2.45) is 0 Å². The molecule has 0 saturated heterocycles. The summed E-state index contributed by atoms with van der Waals surface area (Å²) < 4.78 is 10.5. The highest BCUT2D eigenvalue weighted by Crippen LogP contribution is 2.31. The van der Waals surface area contributed by atoms with Gasteiger partial charge in [0.2, 0.25) is 11.8 Å². The van der Waals surface area contributed by atoms with Gasteiger partial charge in [-0.1, -0.05) is 17.7 Å². The molecule has 0 fully saturated rings. The number of carbonyl (C=O) groups is 2. The molecule has 2 aromatic rings. The van der Waals surface area contributed by atoms with Gasteiger partial charge in [-0.25, -0.2) is 0 Å². The topological polar surface area (TPSA) is 67.9 Å². The Kier molecular flexibility index (Phi) is 6.82. The zero-order valence-corrected chi connectivity index (χ0v) is 16.5. The molecule has 0 radical (unpaired) electrons. The Morgan fingerprint density at radius 1 is 1.00 bits per heavy atom. The van der Waals surface area contributed by atoms with Crippen LogP contribution < -0.4 is 19.7 Å². The lowest BCUT2D eigenvalue weighted by Crippen LogP contribution is -2.32. The van der Waals surface area contributed by atoms with Gasteiger partial charge in [0.25, 0.3) is 0 Å². The predicted octanol–water partition coefficient (Wildman–Crippen LogP) is 3.70. The number of carbonyl (C=O) groups excluding carboxylic acids is 2. The molecule has 144 valence electrons. The summed E-state index contributed by atoms with van der Waals surface area (Å²) in [6.07, 6.45) is 0.182. The molecule has 0 aliphatic rings. The summed E-state index contributed by atoms with van der Waals surface area (Å²) in [4.78, 5) is 26.0. The van der Waals surface area contributed by atoms with Crippen molar-refractivity contribution in [3.8, 4) is 11.5 Å². The third kappa shape index (κ3) is 5.23. The van der Waals surface area contributed by atoms with E-state index in [-0.39, 0.29) is 24.8 Å².